The molecule has 1 aliphatic carbocycles. The van der Waals surface area contributed by atoms with E-state index in [1.807, 2.05) is 6.92 Å². The van der Waals surface area contributed by atoms with Crippen molar-refractivity contribution in [3.8, 4) is 5.75 Å². The number of rotatable bonds is 7. The van der Waals surface area contributed by atoms with Crippen molar-refractivity contribution in [1.29, 1.82) is 0 Å². The number of hydrogen-bond acceptors (Lipinski definition) is 5. The summed E-state index contributed by atoms with van der Waals surface area (Å²) < 4.78 is 79.7. The van der Waals surface area contributed by atoms with Crippen molar-refractivity contribution in [2.75, 3.05) is 17.5 Å². The average Bonchev–Trinajstić information content (AvgIpc) is 3.59. The number of alkyl halides is 3. The summed E-state index contributed by atoms with van der Waals surface area (Å²) in [6.45, 7) is 2.18. The molecule has 4 rings (SSSR count). The standard InChI is InChI=1S/C23H23BrF3NO5S/c1-2-3-9-32-22(29)18-12-17(18)21-13-28(19-11-15(24)7-8-20(19)33-21)34(30,31)16-6-4-5-14(10-16)23(25,26)27/h4-8,10-11,17-18,21H,2-3,9,12-13H2,1H3/t17-,18-,21+/m0/s1. The number of hydrogen-bond donors (Lipinski definition) is 0. The third kappa shape index (κ3) is 5.05. The van der Waals surface area contributed by atoms with Gasteiger partial charge in [0.05, 0.1) is 35.2 Å². The van der Waals surface area contributed by atoms with Crippen LogP contribution in [0.25, 0.3) is 0 Å². The van der Waals surface area contributed by atoms with Crippen LogP contribution in [0.15, 0.2) is 51.8 Å². The second-order valence-corrected chi connectivity index (χ2v) is 11.1. The second-order valence-electron chi connectivity index (χ2n) is 8.36. The molecule has 2 aromatic rings. The zero-order chi connectivity index (χ0) is 24.7. The summed E-state index contributed by atoms with van der Waals surface area (Å²) in [5.74, 6) is -0.696. The van der Waals surface area contributed by atoms with Gasteiger partial charge in [-0.25, -0.2) is 8.42 Å². The number of halogens is 4. The van der Waals surface area contributed by atoms with Crippen molar-refractivity contribution in [1.82, 2.24) is 0 Å². The summed E-state index contributed by atoms with van der Waals surface area (Å²) in [5, 5.41) is 0. The van der Waals surface area contributed by atoms with E-state index in [4.69, 9.17) is 9.47 Å². The van der Waals surface area contributed by atoms with Crippen molar-refractivity contribution >= 4 is 37.6 Å². The molecule has 2 aromatic carbocycles. The van der Waals surface area contributed by atoms with Gasteiger partial charge in [0.2, 0.25) is 0 Å². The first-order valence-electron chi connectivity index (χ1n) is 10.8. The molecule has 2 aliphatic rings. The van der Waals surface area contributed by atoms with Crippen LogP contribution in [0.3, 0.4) is 0 Å². The van der Waals surface area contributed by atoms with Gasteiger partial charge in [-0.1, -0.05) is 35.3 Å². The van der Waals surface area contributed by atoms with Gasteiger partial charge in [-0.2, -0.15) is 13.2 Å². The van der Waals surface area contributed by atoms with Crippen molar-refractivity contribution in [3.63, 3.8) is 0 Å². The first kappa shape index (κ1) is 24.8. The minimum absolute atomic E-state index is 0.133. The van der Waals surface area contributed by atoms with Gasteiger partial charge in [-0.05, 0) is 49.2 Å². The molecular formula is C23H23BrF3NO5S. The largest absolute Gasteiger partial charge is 0.486 e. The maximum atomic E-state index is 13.5. The number of esters is 1. The van der Waals surface area contributed by atoms with E-state index >= 15 is 0 Å². The molecule has 0 saturated heterocycles. The molecule has 0 spiro atoms. The number of fused-ring (bicyclic) bond motifs is 1. The summed E-state index contributed by atoms with van der Waals surface area (Å²) in [6, 6.07) is 8.47. The van der Waals surface area contributed by atoms with Crippen LogP contribution in [0.4, 0.5) is 18.9 Å². The lowest BCUT2D eigenvalue weighted by Gasteiger charge is -2.36. The minimum Gasteiger partial charge on any atom is -0.486 e. The third-order valence-electron chi connectivity index (χ3n) is 5.93. The zero-order valence-electron chi connectivity index (χ0n) is 18.2. The van der Waals surface area contributed by atoms with Crippen molar-refractivity contribution < 1.29 is 35.9 Å². The number of carbonyl (C=O) groups is 1. The SMILES string of the molecule is CCCCOC(=O)[C@H]1C[C@@H]1[C@H]1CN(S(=O)(=O)c2cccc(C(F)(F)F)c2)c2cc(Br)ccc2O1. The Labute approximate surface area is 204 Å². The highest BCUT2D eigenvalue weighted by Gasteiger charge is 2.52. The van der Waals surface area contributed by atoms with E-state index in [1.165, 1.54) is 0 Å². The van der Waals surface area contributed by atoms with E-state index in [0.29, 0.717) is 23.6 Å². The molecule has 0 unspecified atom stereocenters. The van der Waals surface area contributed by atoms with Crippen LogP contribution in [0.2, 0.25) is 0 Å². The van der Waals surface area contributed by atoms with Crippen LogP contribution in [-0.2, 0) is 25.7 Å². The maximum absolute atomic E-state index is 13.5. The lowest BCUT2D eigenvalue weighted by molar-refractivity contribution is -0.146. The Balaban J connectivity index is 1.63. The first-order valence-corrected chi connectivity index (χ1v) is 13.1. The van der Waals surface area contributed by atoms with E-state index in [0.717, 1.165) is 35.3 Å². The molecule has 0 amide bonds. The van der Waals surface area contributed by atoms with E-state index in [1.54, 1.807) is 18.2 Å². The molecule has 1 aliphatic heterocycles. The molecule has 0 radical (unpaired) electrons. The van der Waals surface area contributed by atoms with Crippen LogP contribution < -0.4 is 9.04 Å². The highest BCUT2D eigenvalue weighted by Crippen LogP contribution is 2.48. The highest BCUT2D eigenvalue weighted by atomic mass is 79.9. The molecule has 34 heavy (non-hydrogen) atoms. The Morgan fingerprint density at radius 3 is 2.71 bits per heavy atom. The van der Waals surface area contributed by atoms with Crippen molar-refractivity contribution in [3.05, 3.63) is 52.5 Å². The van der Waals surface area contributed by atoms with Crippen molar-refractivity contribution in [2.45, 2.75) is 43.4 Å². The fraction of sp³-hybridized carbons (Fsp3) is 0.435. The number of carbonyl (C=O) groups excluding carboxylic acids is 1. The molecule has 1 fully saturated rings. The van der Waals surface area contributed by atoms with Gasteiger partial charge in [0.25, 0.3) is 10.0 Å². The summed E-state index contributed by atoms with van der Waals surface area (Å²) >= 11 is 3.31. The monoisotopic (exact) mass is 561 g/mol. The summed E-state index contributed by atoms with van der Waals surface area (Å²) in [7, 11) is -4.35. The zero-order valence-corrected chi connectivity index (χ0v) is 20.6. The first-order chi connectivity index (χ1) is 16.0. The molecule has 1 heterocycles. The molecule has 11 heteroatoms. The molecule has 6 nitrogen and oxygen atoms in total. The second kappa shape index (κ2) is 9.41. The number of anilines is 1. The van der Waals surface area contributed by atoms with Gasteiger partial charge >= 0.3 is 12.1 Å². The fourth-order valence-corrected chi connectivity index (χ4v) is 5.85. The molecule has 184 valence electrons. The normalized spacial score (nSPS) is 22.0. The summed E-state index contributed by atoms with van der Waals surface area (Å²) in [5.41, 5.74) is -0.837. The quantitative estimate of drug-likeness (QED) is 0.334. The van der Waals surface area contributed by atoms with Gasteiger partial charge in [-0.3, -0.25) is 9.10 Å². The van der Waals surface area contributed by atoms with Gasteiger partial charge in [0.15, 0.2) is 0 Å². The number of ether oxygens (including phenoxy) is 2. The molecule has 0 aromatic heterocycles. The molecular weight excluding hydrogens is 539 g/mol. The smallest absolute Gasteiger partial charge is 0.416 e. The van der Waals surface area contributed by atoms with E-state index < -0.39 is 38.7 Å². The van der Waals surface area contributed by atoms with Crippen LogP contribution in [0.5, 0.6) is 5.75 Å². The Kier molecular flexibility index (Phi) is 6.87. The van der Waals surface area contributed by atoms with Gasteiger partial charge in [0, 0.05) is 10.4 Å². The molecule has 1 saturated carbocycles. The van der Waals surface area contributed by atoms with E-state index in [-0.39, 0.29) is 29.9 Å². The Hall–Kier alpha value is -2.27. The topological polar surface area (TPSA) is 72.9 Å². The van der Waals surface area contributed by atoms with Gasteiger partial charge < -0.3 is 9.47 Å². The molecule has 0 N–H and O–H groups in total. The lowest BCUT2D eigenvalue weighted by atomic mass is 10.1. The van der Waals surface area contributed by atoms with Crippen LogP contribution in [0, 0.1) is 11.8 Å². The molecule has 0 bridgehead atoms. The number of sulfonamides is 1. The van der Waals surface area contributed by atoms with Crippen LogP contribution in [-0.4, -0.2) is 33.6 Å². The van der Waals surface area contributed by atoms with Gasteiger partial charge in [-0.15, -0.1) is 0 Å². The van der Waals surface area contributed by atoms with Crippen molar-refractivity contribution in [2.24, 2.45) is 11.8 Å². The Bertz CT molecular complexity index is 1190. The summed E-state index contributed by atoms with van der Waals surface area (Å²) in [6.07, 6.45) is -3.17. The van der Waals surface area contributed by atoms with Crippen LogP contribution in [0.1, 0.15) is 31.7 Å². The predicted molar refractivity (Wildman–Crippen MR) is 122 cm³/mol. The van der Waals surface area contributed by atoms with E-state index in [9.17, 15) is 26.4 Å². The average molecular weight is 562 g/mol. The third-order valence-corrected chi connectivity index (χ3v) is 8.19. The number of benzene rings is 2. The number of unbranched alkanes of at least 4 members (excludes halogenated alkanes) is 1. The molecule has 3 atom stereocenters. The lowest BCUT2D eigenvalue weighted by Crippen LogP contribution is -2.45. The fourth-order valence-electron chi connectivity index (χ4n) is 3.98. The minimum atomic E-state index is -4.68. The predicted octanol–water partition coefficient (Wildman–Crippen LogP) is 5.40. The number of nitrogens with zero attached hydrogens (tertiary/aromatic N) is 1. The van der Waals surface area contributed by atoms with E-state index in [2.05, 4.69) is 15.9 Å². The van der Waals surface area contributed by atoms with Crippen LogP contribution >= 0.6 is 15.9 Å². The summed E-state index contributed by atoms with van der Waals surface area (Å²) in [4.78, 5) is 11.9. The van der Waals surface area contributed by atoms with Gasteiger partial charge in [0.1, 0.15) is 11.9 Å². The maximum Gasteiger partial charge on any atom is 0.416 e. The Morgan fingerprint density at radius 1 is 1.24 bits per heavy atom. The Morgan fingerprint density at radius 2 is 2.00 bits per heavy atom. The highest BCUT2D eigenvalue weighted by molar-refractivity contribution is 9.10.